The summed E-state index contributed by atoms with van der Waals surface area (Å²) in [4.78, 5) is 43.5. The standard InChI is InChI=1S/C32H28FN7O3/c33-25-16-20(17-34)4-6-26(25)38-14-12-37(13-15-38)19-22-10-11-39(36-22)18-21-5-7-27-30-23(21)2-1-3-24(30)32(43)40(27)28-8-9-29(41)35-31(28)42/h1-7,10-11,16,28H,8-9,12-15,18-19H2,(H,35,41,42). The van der Waals surface area contributed by atoms with E-state index in [-0.39, 0.29) is 24.1 Å². The number of anilines is 2. The molecule has 2 fully saturated rings. The van der Waals surface area contributed by atoms with E-state index in [4.69, 9.17) is 10.4 Å². The van der Waals surface area contributed by atoms with Crippen LogP contribution in [0.25, 0.3) is 10.8 Å². The van der Waals surface area contributed by atoms with E-state index in [1.165, 1.54) is 11.0 Å². The Morgan fingerprint density at radius 1 is 0.977 bits per heavy atom. The molecule has 0 spiro atoms. The van der Waals surface area contributed by atoms with Crippen molar-refractivity contribution in [1.29, 1.82) is 5.26 Å². The van der Waals surface area contributed by atoms with E-state index in [9.17, 15) is 18.8 Å². The number of piperazine rings is 1. The number of nitrogens with one attached hydrogen (secondary N) is 1. The summed E-state index contributed by atoms with van der Waals surface area (Å²) in [5.74, 6) is -1.36. The highest BCUT2D eigenvalue weighted by molar-refractivity contribution is 6.27. The molecule has 43 heavy (non-hydrogen) atoms. The molecular weight excluding hydrogens is 549 g/mol. The van der Waals surface area contributed by atoms with Gasteiger partial charge in [0.25, 0.3) is 5.91 Å². The van der Waals surface area contributed by atoms with Gasteiger partial charge in [-0.3, -0.25) is 34.2 Å². The quantitative estimate of drug-likeness (QED) is 0.350. The average Bonchev–Trinajstić information content (AvgIpc) is 3.57. The number of amides is 3. The van der Waals surface area contributed by atoms with Crippen molar-refractivity contribution in [2.45, 2.75) is 32.0 Å². The van der Waals surface area contributed by atoms with Crippen LogP contribution in [0.15, 0.2) is 60.8 Å². The summed E-state index contributed by atoms with van der Waals surface area (Å²) in [6.07, 6.45) is 2.44. The topological polar surface area (TPSA) is 115 Å². The van der Waals surface area contributed by atoms with Crippen LogP contribution in [0.1, 0.15) is 40.0 Å². The van der Waals surface area contributed by atoms with Gasteiger partial charge >= 0.3 is 0 Å². The van der Waals surface area contributed by atoms with Crippen LogP contribution < -0.4 is 15.1 Å². The molecule has 4 heterocycles. The zero-order valence-corrected chi connectivity index (χ0v) is 23.3. The summed E-state index contributed by atoms with van der Waals surface area (Å²) < 4.78 is 16.4. The molecule has 10 nitrogen and oxygen atoms in total. The van der Waals surface area contributed by atoms with E-state index in [2.05, 4.69) is 10.2 Å². The van der Waals surface area contributed by atoms with Crippen molar-refractivity contribution in [2.24, 2.45) is 0 Å². The van der Waals surface area contributed by atoms with Crippen molar-refractivity contribution in [1.82, 2.24) is 20.0 Å². The number of piperidine rings is 1. The number of carbonyl (C=O) groups excluding carboxylic acids is 3. The van der Waals surface area contributed by atoms with Crippen LogP contribution in [0, 0.1) is 17.1 Å². The fraction of sp³-hybridized carbons (Fsp3) is 0.281. The van der Waals surface area contributed by atoms with Crippen molar-refractivity contribution in [3.05, 3.63) is 89.0 Å². The zero-order chi connectivity index (χ0) is 29.7. The summed E-state index contributed by atoms with van der Waals surface area (Å²) in [5.41, 5.74) is 4.02. The molecule has 4 aromatic rings. The lowest BCUT2D eigenvalue weighted by Crippen LogP contribution is -2.53. The molecule has 216 valence electrons. The second kappa shape index (κ2) is 10.6. The largest absolute Gasteiger partial charge is 0.367 e. The maximum absolute atomic E-state index is 14.5. The van der Waals surface area contributed by atoms with Crippen molar-refractivity contribution < 1.29 is 18.8 Å². The van der Waals surface area contributed by atoms with Gasteiger partial charge in [-0.2, -0.15) is 10.4 Å². The summed E-state index contributed by atoms with van der Waals surface area (Å²) in [6.45, 7) is 4.07. The van der Waals surface area contributed by atoms with Gasteiger partial charge in [0.05, 0.1) is 35.2 Å². The van der Waals surface area contributed by atoms with Crippen LogP contribution in [0.5, 0.6) is 0 Å². The predicted molar refractivity (Wildman–Crippen MR) is 157 cm³/mol. The number of rotatable bonds is 6. The van der Waals surface area contributed by atoms with E-state index in [1.807, 2.05) is 52.2 Å². The van der Waals surface area contributed by atoms with Crippen molar-refractivity contribution >= 4 is 39.9 Å². The van der Waals surface area contributed by atoms with Gasteiger partial charge in [0.2, 0.25) is 11.8 Å². The van der Waals surface area contributed by atoms with Gasteiger partial charge in [-0.25, -0.2) is 4.39 Å². The average molecular weight is 578 g/mol. The second-order valence-corrected chi connectivity index (χ2v) is 11.2. The van der Waals surface area contributed by atoms with Crippen molar-refractivity contribution in [3.63, 3.8) is 0 Å². The molecule has 3 aliphatic rings. The third-order valence-corrected chi connectivity index (χ3v) is 8.54. The summed E-state index contributed by atoms with van der Waals surface area (Å²) >= 11 is 0. The first kappa shape index (κ1) is 26.8. The molecule has 1 aromatic heterocycles. The Bertz CT molecular complexity index is 1840. The van der Waals surface area contributed by atoms with Crippen LogP contribution >= 0.6 is 0 Å². The molecule has 1 N–H and O–H groups in total. The van der Waals surface area contributed by atoms with Gasteiger partial charge < -0.3 is 4.90 Å². The number of carbonyl (C=O) groups is 3. The monoisotopic (exact) mass is 577 g/mol. The van der Waals surface area contributed by atoms with Gasteiger partial charge in [-0.15, -0.1) is 0 Å². The third-order valence-electron chi connectivity index (χ3n) is 8.54. The molecule has 2 saturated heterocycles. The maximum Gasteiger partial charge on any atom is 0.259 e. The molecule has 11 heteroatoms. The highest BCUT2D eigenvalue weighted by atomic mass is 19.1. The zero-order valence-electron chi connectivity index (χ0n) is 23.3. The number of nitriles is 1. The lowest BCUT2D eigenvalue weighted by atomic mass is 10.00. The number of hydrogen-bond donors (Lipinski definition) is 1. The Balaban J connectivity index is 1.04. The minimum atomic E-state index is -0.717. The van der Waals surface area contributed by atoms with E-state index in [0.29, 0.717) is 55.1 Å². The fourth-order valence-electron chi connectivity index (χ4n) is 6.40. The molecular formula is C32H28FN7O3. The summed E-state index contributed by atoms with van der Waals surface area (Å²) in [6, 6.07) is 17.3. The number of nitrogens with zero attached hydrogens (tertiary/aromatic N) is 6. The highest BCUT2D eigenvalue weighted by Crippen LogP contribution is 2.41. The van der Waals surface area contributed by atoms with E-state index >= 15 is 0 Å². The Kier molecular flexibility index (Phi) is 6.63. The number of halogens is 1. The molecule has 3 aromatic carbocycles. The normalized spacial score (nSPS) is 18.8. The number of imide groups is 1. The third kappa shape index (κ3) is 4.79. The minimum Gasteiger partial charge on any atom is -0.367 e. The fourth-order valence-corrected chi connectivity index (χ4v) is 6.40. The number of hydrogen-bond acceptors (Lipinski definition) is 7. The lowest BCUT2D eigenvalue weighted by molar-refractivity contribution is -0.134. The number of benzene rings is 3. The van der Waals surface area contributed by atoms with Gasteiger partial charge in [0.1, 0.15) is 11.9 Å². The predicted octanol–water partition coefficient (Wildman–Crippen LogP) is 3.18. The van der Waals surface area contributed by atoms with E-state index < -0.39 is 11.9 Å². The van der Waals surface area contributed by atoms with Crippen LogP contribution in [0.4, 0.5) is 15.8 Å². The van der Waals surface area contributed by atoms with E-state index in [0.717, 1.165) is 35.1 Å². The molecule has 1 unspecified atom stereocenters. The molecule has 3 aliphatic heterocycles. The SMILES string of the molecule is N#Cc1ccc(N2CCN(Cc3ccn(Cc4ccc5c6c(cccc46)C(=O)N5C4CCC(=O)NC4=O)n3)CC2)c(F)c1. The molecule has 1 atom stereocenters. The first-order chi connectivity index (χ1) is 20.9. The Labute approximate surface area is 246 Å². The summed E-state index contributed by atoms with van der Waals surface area (Å²) in [7, 11) is 0. The van der Waals surface area contributed by atoms with Gasteiger partial charge in [-0.05, 0) is 53.8 Å². The van der Waals surface area contributed by atoms with Gasteiger partial charge in [0.15, 0.2) is 0 Å². The van der Waals surface area contributed by atoms with Crippen LogP contribution in [0.3, 0.4) is 0 Å². The summed E-state index contributed by atoms with van der Waals surface area (Å²) in [5, 5.41) is 17.9. The number of aromatic nitrogens is 2. The Hall–Kier alpha value is -5.08. The molecule has 0 bridgehead atoms. The van der Waals surface area contributed by atoms with Crippen LogP contribution in [-0.2, 0) is 22.7 Å². The molecule has 0 saturated carbocycles. The molecule has 0 radical (unpaired) electrons. The molecule has 7 rings (SSSR count). The maximum atomic E-state index is 14.5. The van der Waals surface area contributed by atoms with Crippen LogP contribution in [-0.4, -0.2) is 64.6 Å². The smallest absolute Gasteiger partial charge is 0.259 e. The van der Waals surface area contributed by atoms with Crippen molar-refractivity contribution in [2.75, 3.05) is 36.0 Å². The second-order valence-electron chi connectivity index (χ2n) is 11.2. The minimum absolute atomic E-state index is 0.199. The van der Waals surface area contributed by atoms with Gasteiger partial charge in [-0.1, -0.05) is 18.2 Å². The molecule has 0 aliphatic carbocycles. The van der Waals surface area contributed by atoms with Crippen LogP contribution in [0.2, 0.25) is 0 Å². The first-order valence-corrected chi connectivity index (χ1v) is 14.3. The Morgan fingerprint density at radius 2 is 1.79 bits per heavy atom. The Morgan fingerprint density at radius 3 is 2.56 bits per heavy atom. The lowest BCUT2D eigenvalue weighted by Gasteiger charge is -2.35. The van der Waals surface area contributed by atoms with Crippen molar-refractivity contribution in [3.8, 4) is 6.07 Å². The van der Waals surface area contributed by atoms with E-state index in [1.54, 1.807) is 18.2 Å². The van der Waals surface area contributed by atoms with Gasteiger partial charge in [0, 0.05) is 56.3 Å². The highest BCUT2D eigenvalue weighted by Gasteiger charge is 2.40. The molecule has 3 amide bonds. The first-order valence-electron chi connectivity index (χ1n) is 14.3.